The Labute approximate surface area is 100 Å². The van der Waals surface area contributed by atoms with Gasteiger partial charge in [0.05, 0.1) is 21.8 Å². The third kappa shape index (κ3) is 1.84. The Morgan fingerprint density at radius 2 is 2.31 bits per heavy atom. The highest BCUT2D eigenvalue weighted by Gasteiger charge is 2.48. The molecule has 7 heteroatoms. The summed E-state index contributed by atoms with van der Waals surface area (Å²) in [6.45, 7) is 1.45. The Bertz CT molecular complexity index is 418. The molecule has 2 heterocycles. The molecule has 0 radical (unpaired) electrons. The average molecular weight is 259 g/mol. The van der Waals surface area contributed by atoms with Crippen molar-refractivity contribution in [2.24, 2.45) is 0 Å². The molecule has 0 spiro atoms. The first-order valence-electron chi connectivity index (χ1n) is 4.59. The van der Waals surface area contributed by atoms with Gasteiger partial charge in [0.2, 0.25) is 5.91 Å². The van der Waals surface area contributed by atoms with Crippen LogP contribution in [0.4, 0.5) is 0 Å². The quantitative estimate of drug-likeness (QED) is 0.755. The fourth-order valence-corrected chi connectivity index (χ4v) is 4.03. The number of amides is 1. The van der Waals surface area contributed by atoms with Gasteiger partial charge in [-0.1, -0.05) is 11.8 Å². The Balaban J connectivity index is 2.18. The van der Waals surface area contributed by atoms with Crippen LogP contribution in [-0.4, -0.2) is 38.8 Å². The van der Waals surface area contributed by atoms with Crippen molar-refractivity contribution in [1.29, 1.82) is 0 Å². The second kappa shape index (κ2) is 4.14. The van der Waals surface area contributed by atoms with E-state index in [4.69, 9.17) is 5.11 Å². The van der Waals surface area contributed by atoms with Gasteiger partial charge in [-0.2, -0.15) is 0 Å². The molecule has 86 valence electrons. The number of hydrogen-bond acceptors (Lipinski definition) is 5. The summed E-state index contributed by atoms with van der Waals surface area (Å²) in [5.41, 5.74) is 0.0394. The number of β-lactam (4-membered cyclic amide) rings is 1. The number of carboxylic acids is 1. The van der Waals surface area contributed by atoms with Crippen molar-refractivity contribution in [3.8, 4) is 0 Å². The zero-order valence-corrected chi connectivity index (χ0v) is 10.1. The summed E-state index contributed by atoms with van der Waals surface area (Å²) < 4.78 is 0.568. The normalized spacial score (nSPS) is 23.2. The van der Waals surface area contributed by atoms with Gasteiger partial charge >= 0.3 is 5.97 Å². The van der Waals surface area contributed by atoms with E-state index in [2.05, 4.69) is 0 Å². The lowest BCUT2D eigenvalue weighted by atomic mass is 10.2. The number of aliphatic carboxylic acids is 1. The van der Waals surface area contributed by atoms with Gasteiger partial charge in [0.15, 0.2) is 5.70 Å². The fraction of sp³-hybridized carbons (Fsp3) is 0.444. The molecule has 0 aliphatic carbocycles. The van der Waals surface area contributed by atoms with Gasteiger partial charge in [0.1, 0.15) is 5.78 Å². The number of carbonyl (C=O) groups is 3. The van der Waals surface area contributed by atoms with E-state index in [0.29, 0.717) is 10.7 Å². The van der Waals surface area contributed by atoms with Crippen molar-refractivity contribution >= 4 is 41.2 Å². The van der Waals surface area contributed by atoms with Crippen molar-refractivity contribution in [3.05, 3.63) is 9.93 Å². The van der Waals surface area contributed by atoms with Crippen molar-refractivity contribution in [3.63, 3.8) is 0 Å². The lowest BCUT2D eigenvalue weighted by Gasteiger charge is -2.33. The summed E-state index contributed by atoms with van der Waals surface area (Å²) in [5.74, 6) is -1.03. The van der Waals surface area contributed by atoms with Crippen molar-refractivity contribution in [2.45, 2.75) is 18.7 Å². The van der Waals surface area contributed by atoms with E-state index in [9.17, 15) is 14.4 Å². The van der Waals surface area contributed by atoms with Crippen LogP contribution in [0.15, 0.2) is 9.93 Å². The monoisotopic (exact) mass is 259 g/mol. The first-order valence-corrected chi connectivity index (χ1v) is 6.45. The van der Waals surface area contributed by atoms with Crippen LogP contribution in [0, 0.1) is 0 Å². The molecular formula is C9H9NO4S2. The SMILES string of the molecule is CC(=O)CSC1=C(C(=O)O)N2C(=O)C[C@H]2S1. The molecule has 1 amide bonds. The number of rotatable bonds is 4. The number of carbonyl (C=O) groups excluding carboxylic acids is 2. The second-order valence-electron chi connectivity index (χ2n) is 3.47. The highest BCUT2D eigenvalue weighted by molar-refractivity contribution is 8.23. The minimum absolute atomic E-state index is 0.0107. The van der Waals surface area contributed by atoms with Gasteiger partial charge in [0, 0.05) is 0 Å². The predicted octanol–water partition coefficient (Wildman–Crippen LogP) is 0.867. The number of carboxylic acid groups (broad SMARTS) is 1. The minimum atomic E-state index is -1.10. The van der Waals surface area contributed by atoms with Crippen LogP contribution in [0.25, 0.3) is 0 Å². The third-order valence-electron chi connectivity index (χ3n) is 2.19. The summed E-state index contributed by atoms with van der Waals surface area (Å²) in [6, 6.07) is 0. The molecule has 1 fully saturated rings. The first kappa shape index (κ1) is 11.5. The number of nitrogens with zero attached hydrogens (tertiary/aromatic N) is 1. The summed E-state index contributed by atoms with van der Waals surface area (Å²) in [5, 5.41) is 8.95. The average Bonchev–Trinajstić information content (AvgIpc) is 2.47. The van der Waals surface area contributed by atoms with E-state index in [1.165, 1.54) is 35.3 Å². The van der Waals surface area contributed by atoms with Gasteiger partial charge in [-0.3, -0.25) is 14.5 Å². The summed E-state index contributed by atoms with van der Waals surface area (Å²) in [6.07, 6.45) is 0.381. The lowest BCUT2D eigenvalue weighted by molar-refractivity contribution is -0.145. The largest absolute Gasteiger partial charge is 0.477 e. The van der Waals surface area contributed by atoms with Crippen LogP contribution >= 0.6 is 23.5 Å². The van der Waals surface area contributed by atoms with Crippen molar-refractivity contribution in [1.82, 2.24) is 4.90 Å². The Hall–Kier alpha value is -0.950. The zero-order valence-electron chi connectivity index (χ0n) is 8.43. The van der Waals surface area contributed by atoms with Crippen molar-refractivity contribution in [2.75, 3.05) is 5.75 Å². The lowest BCUT2D eigenvalue weighted by Crippen LogP contribution is -2.48. The molecule has 0 bridgehead atoms. The van der Waals surface area contributed by atoms with Crippen LogP contribution in [-0.2, 0) is 14.4 Å². The standard InChI is InChI=1S/C9H9NO4S2/c1-4(11)3-15-9-7(8(13)14)10-5(12)2-6(10)16-9/h6H,2-3H2,1H3,(H,13,14)/t6-/m1/s1. The number of hydrogen-bond donors (Lipinski definition) is 1. The molecular weight excluding hydrogens is 250 g/mol. The summed E-state index contributed by atoms with van der Waals surface area (Å²) in [4.78, 5) is 34.4. The van der Waals surface area contributed by atoms with Crippen LogP contribution < -0.4 is 0 Å². The maximum atomic E-state index is 11.2. The van der Waals surface area contributed by atoms with E-state index < -0.39 is 5.97 Å². The Morgan fingerprint density at radius 3 is 2.81 bits per heavy atom. The highest BCUT2D eigenvalue weighted by Crippen LogP contribution is 2.50. The first-order chi connectivity index (χ1) is 7.50. The van der Waals surface area contributed by atoms with Gasteiger partial charge in [-0.05, 0) is 6.92 Å². The molecule has 2 aliphatic heterocycles. The summed E-state index contributed by atoms with van der Waals surface area (Å²) in [7, 11) is 0. The van der Waals surface area contributed by atoms with Gasteiger partial charge in [0.25, 0.3) is 0 Å². The maximum absolute atomic E-state index is 11.2. The van der Waals surface area contributed by atoms with Crippen molar-refractivity contribution < 1.29 is 19.5 Å². The topological polar surface area (TPSA) is 74.7 Å². The molecule has 5 nitrogen and oxygen atoms in total. The summed E-state index contributed by atoms with van der Waals surface area (Å²) >= 11 is 2.55. The number of Topliss-reactive ketones (excluding diaryl/α,β-unsaturated/α-hetero) is 1. The number of thioether (sulfide) groups is 2. The molecule has 0 saturated carbocycles. The molecule has 1 atom stereocenters. The minimum Gasteiger partial charge on any atom is -0.477 e. The van der Waals surface area contributed by atoms with Crippen LogP contribution in [0.2, 0.25) is 0 Å². The van der Waals surface area contributed by atoms with E-state index in [0.717, 1.165) is 0 Å². The smallest absolute Gasteiger partial charge is 0.354 e. The Morgan fingerprint density at radius 1 is 1.62 bits per heavy atom. The van der Waals surface area contributed by atoms with Crippen LogP contribution in [0.1, 0.15) is 13.3 Å². The second-order valence-corrected chi connectivity index (χ2v) is 5.90. The van der Waals surface area contributed by atoms with E-state index in [1.54, 1.807) is 0 Å². The molecule has 1 N–H and O–H groups in total. The molecule has 2 rings (SSSR count). The van der Waals surface area contributed by atoms with Gasteiger partial charge < -0.3 is 5.11 Å². The van der Waals surface area contributed by atoms with E-state index in [-0.39, 0.29) is 28.5 Å². The van der Waals surface area contributed by atoms with Crippen LogP contribution in [0.5, 0.6) is 0 Å². The highest BCUT2D eigenvalue weighted by atomic mass is 32.2. The molecule has 2 aliphatic rings. The number of ketones is 1. The maximum Gasteiger partial charge on any atom is 0.354 e. The van der Waals surface area contributed by atoms with Gasteiger partial charge in [-0.25, -0.2) is 4.79 Å². The zero-order chi connectivity index (χ0) is 11.9. The molecule has 1 saturated heterocycles. The molecule has 0 unspecified atom stereocenters. The molecule has 0 aromatic rings. The Kier molecular flexibility index (Phi) is 2.98. The molecule has 16 heavy (non-hydrogen) atoms. The third-order valence-corrected chi connectivity index (χ3v) is 4.90. The molecule has 0 aromatic carbocycles. The van der Waals surface area contributed by atoms with Crippen LogP contribution in [0.3, 0.4) is 0 Å². The molecule has 0 aromatic heterocycles. The van der Waals surface area contributed by atoms with E-state index >= 15 is 0 Å². The van der Waals surface area contributed by atoms with Gasteiger partial charge in [-0.15, -0.1) is 11.8 Å². The predicted molar refractivity (Wildman–Crippen MR) is 60.6 cm³/mol. The number of fused-ring (bicyclic) bond motifs is 1. The fourth-order valence-electron chi connectivity index (χ4n) is 1.49. The van der Waals surface area contributed by atoms with E-state index in [1.807, 2.05) is 0 Å².